The maximum Gasteiger partial charge on any atom is 0.439 e. The fraction of sp³-hybridized carbons (Fsp3) is 0.458. The van der Waals surface area contributed by atoms with Gasteiger partial charge < -0.3 is 4.57 Å². The molecular formula is C24H27ClN6O2S. The number of aromatic amines is 1. The molecule has 0 aliphatic heterocycles. The van der Waals surface area contributed by atoms with Crippen LogP contribution < -0.4 is 5.76 Å². The van der Waals surface area contributed by atoms with Crippen molar-refractivity contribution in [3.63, 3.8) is 0 Å². The van der Waals surface area contributed by atoms with Crippen LogP contribution in [0.5, 0.6) is 0 Å². The lowest BCUT2D eigenvalue weighted by molar-refractivity contribution is 0.318. The minimum atomic E-state index is -0.625. The summed E-state index contributed by atoms with van der Waals surface area (Å²) >= 11 is 8.12. The van der Waals surface area contributed by atoms with Crippen LogP contribution in [0.4, 0.5) is 0 Å². The number of nitrogens with zero attached hydrogens (tertiary/aromatic N) is 5. The van der Waals surface area contributed by atoms with Gasteiger partial charge in [0.25, 0.3) is 0 Å². The van der Waals surface area contributed by atoms with E-state index in [9.17, 15) is 4.79 Å². The minimum Gasteiger partial charge on any atom is -0.326 e. The fourth-order valence-electron chi connectivity index (χ4n) is 4.89. The molecular weight excluding hydrogens is 472 g/mol. The van der Waals surface area contributed by atoms with Crippen LogP contribution >= 0.6 is 23.4 Å². The van der Waals surface area contributed by atoms with Crippen molar-refractivity contribution in [2.45, 2.75) is 51.5 Å². The van der Waals surface area contributed by atoms with Crippen LogP contribution in [0, 0.1) is 5.92 Å². The third kappa shape index (κ3) is 4.63. The number of aromatic nitrogens is 6. The van der Waals surface area contributed by atoms with E-state index in [1.54, 1.807) is 12.4 Å². The standard InChI is InChI=1S/C24H27ClN6O2S/c1-14(13-34-2)23-28-18-9-19(22-29-24(32)33-30-22)27-20(16-8-17(25)11-26-10-16)21(18)31(23)12-15-6-4-3-5-7-15/h8-11,14-15H,3-7,12-13H2,1-2H3,(H,29,30,32). The molecule has 1 unspecified atom stereocenters. The van der Waals surface area contributed by atoms with E-state index in [1.165, 1.54) is 32.1 Å². The average molecular weight is 499 g/mol. The van der Waals surface area contributed by atoms with E-state index in [4.69, 9.17) is 26.1 Å². The molecule has 178 valence electrons. The largest absolute Gasteiger partial charge is 0.439 e. The zero-order valence-corrected chi connectivity index (χ0v) is 20.8. The highest BCUT2D eigenvalue weighted by molar-refractivity contribution is 7.98. The van der Waals surface area contributed by atoms with Gasteiger partial charge >= 0.3 is 5.76 Å². The van der Waals surface area contributed by atoms with E-state index in [0.717, 1.165) is 40.4 Å². The number of thioether (sulfide) groups is 1. The third-order valence-electron chi connectivity index (χ3n) is 6.44. The van der Waals surface area contributed by atoms with Crippen molar-refractivity contribution in [1.82, 2.24) is 29.7 Å². The van der Waals surface area contributed by atoms with Crippen LogP contribution in [0.2, 0.25) is 5.02 Å². The van der Waals surface area contributed by atoms with Gasteiger partial charge in [-0.2, -0.15) is 11.8 Å². The molecule has 0 amide bonds. The summed E-state index contributed by atoms with van der Waals surface area (Å²) < 4.78 is 7.10. The SMILES string of the molecule is CSCC(C)c1nc2cc(-c3noc(=O)[nH]3)nc(-c3cncc(Cl)c3)c2n1CC1CCCCC1. The molecule has 0 saturated heterocycles. The van der Waals surface area contributed by atoms with E-state index >= 15 is 0 Å². The fourth-order valence-corrected chi connectivity index (χ4v) is 5.72. The second kappa shape index (κ2) is 9.92. The predicted molar refractivity (Wildman–Crippen MR) is 135 cm³/mol. The van der Waals surface area contributed by atoms with Crippen molar-refractivity contribution in [2.75, 3.05) is 12.0 Å². The number of H-pyrrole nitrogens is 1. The van der Waals surface area contributed by atoms with Gasteiger partial charge in [-0.25, -0.2) is 14.8 Å². The summed E-state index contributed by atoms with van der Waals surface area (Å²) in [6, 6.07) is 3.73. The summed E-state index contributed by atoms with van der Waals surface area (Å²) in [7, 11) is 0. The van der Waals surface area contributed by atoms with Crippen LogP contribution in [0.25, 0.3) is 33.8 Å². The number of imidazole rings is 1. The quantitative estimate of drug-likeness (QED) is 0.357. The van der Waals surface area contributed by atoms with Gasteiger partial charge in [0.1, 0.15) is 11.5 Å². The normalized spacial score (nSPS) is 15.7. The summed E-state index contributed by atoms with van der Waals surface area (Å²) in [6.45, 7) is 3.13. The highest BCUT2D eigenvalue weighted by Crippen LogP contribution is 2.36. The van der Waals surface area contributed by atoms with Crippen LogP contribution in [-0.2, 0) is 6.54 Å². The first-order valence-corrected chi connectivity index (χ1v) is 13.4. The molecule has 0 bridgehead atoms. The molecule has 0 spiro atoms. The number of fused-ring (bicyclic) bond motifs is 1. The Labute approximate surface area is 206 Å². The average Bonchev–Trinajstić information content (AvgIpc) is 3.43. The number of halogens is 1. The van der Waals surface area contributed by atoms with Gasteiger partial charge in [-0.1, -0.05) is 42.9 Å². The lowest BCUT2D eigenvalue weighted by Crippen LogP contribution is -2.18. The summed E-state index contributed by atoms with van der Waals surface area (Å²) in [4.78, 5) is 28.5. The molecule has 4 aromatic heterocycles. The molecule has 10 heteroatoms. The molecule has 1 aliphatic carbocycles. The Kier molecular flexibility index (Phi) is 6.74. The Morgan fingerprint density at radius 2 is 2.06 bits per heavy atom. The van der Waals surface area contributed by atoms with Gasteiger partial charge in [-0.05, 0) is 37.1 Å². The van der Waals surface area contributed by atoms with Gasteiger partial charge in [-0.3, -0.25) is 14.5 Å². The van der Waals surface area contributed by atoms with E-state index in [0.29, 0.717) is 16.6 Å². The third-order valence-corrected chi connectivity index (χ3v) is 7.48. The van der Waals surface area contributed by atoms with E-state index in [2.05, 4.69) is 32.9 Å². The first-order valence-electron chi connectivity index (χ1n) is 11.6. The molecule has 1 saturated carbocycles. The second-order valence-corrected chi connectivity index (χ2v) is 10.3. The van der Waals surface area contributed by atoms with Crippen molar-refractivity contribution in [2.24, 2.45) is 5.92 Å². The lowest BCUT2D eigenvalue weighted by Gasteiger charge is -2.24. The summed E-state index contributed by atoms with van der Waals surface area (Å²) in [5, 5.41) is 4.38. The number of rotatable bonds is 7. The second-order valence-electron chi connectivity index (χ2n) is 9.00. The summed E-state index contributed by atoms with van der Waals surface area (Å²) in [5.74, 6) is 2.55. The van der Waals surface area contributed by atoms with Gasteiger partial charge in [0.05, 0.1) is 21.7 Å². The molecule has 1 aliphatic rings. The molecule has 1 fully saturated rings. The Bertz CT molecular complexity index is 1360. The Morgan fingerprint density at radius 1 is 1.24 bits per heavy atom. The van der Waals surface area contributed by atoms with Crippen LogP contribution in [0.15, 0.2) is 33.8 Å². The van der Waals surface area contributed by atoms with Crippen molar-refractivity contribution in [3.8, 4) is 22.8 Å². The number of hydrogen-bond donors (Lipinski definition) is 1. The Hall–Kier alpha value is -2.65. The zero-order chi connectivity index (χ0) is 23.7. The first kappa shape index (κ1) is 23.1. The van der Waals surface area contributed by atoms with Crippen molar-refractivity contribution in [1.29, 1.82) is 0 Å². The van der Waals surface area contributed by atoms with Crippen LogP contribution in [0.3, 0.4) is 0 Å². The van der Waals surface area contributed by atoms with Crippen molar-refractivity contribution in [3.05, 3.63) is 45.9 Å². The van der Waals surface area contributed by atoms with Crippen molar-refractivity contribution >= 4 is 34.4 Å². The van der Waals surface area contributed by atoms with Crippen molar-refractivity contribution < 1.29 is 4.52 Å². The summed E-state index contributed by atoms with van der Waals surface area (Å²) in [6.07, 6.45) is 11.8. The maximum absolute atomic E-state index is 11.6. The lowest BCUT2D eigenvalue weighted by atomic mass is 9.89. The predicted octanol–water partition coefficient (Wildman–Crippen LogP) is 5.54. The van der Waals surface area contributed by atoms with E-state index in [-0.39, 0.29) is 11.7 Å². The molecule has 34 heavy (non-hydrogen) atoms. The first-order chi connectivity index (χ1) is 16.5. The number of pyridine rings is 2. The summed E-state index contributed by atoms with van der Waals surface area (Å²) in [5.41, 5.74) is 3.77. The molecule has 5 rings (SSSR count). The van der Waals surface area contributed by atoms with E-state index in [1.807, 2.05) is 23.9 Å². The molecule has 1 atom stereocenters. The van der Waals surface area contributed by atoms with Gasteiger partial charge in [0.15, 0.2) is 0 Å². The monoisotopic (exact) mass is 498 g/mol. The molecule has 4 aromatic rings. The number of hydrogen-bond acceptors (Lipinski definition) is 7. The van der Waals surface area contributed by atoms with Crippen LogP contribution in [-0.4, -0.2) is 41.7 Å². The van der Waals surface area contributed by atoms with Crippen LogP contribution in [0.1, 0.15) is 50.8 Å². The van der Waals surface area contributed by atoms with E-state index < -0.39 is 5.76 Å². The smallest absolute Gasteiger partial charge is 0.326 e. The molecule has 8 nitrogen and oxygen atoms in total. The van der Waals surface area contributed by atoms with Gasteiger partial charge in [0, 0.05) is 36.2 Å². The topological polar surface area (TPSA) is 102 Å². The number of nitrogens with one attached hydrogen (secondary N) is 1. The highest BCUT2D eigenvalue weighted by Gasteiger charge is 2.25. The molecule has 4 heterocycles. The molecule has 0 radical (unpaired) electrons. The Balaban J connectivity index is 1.76. The maximum atomic E-state index is 11.6. The molecule has 0 aromatic carbocycles. The highest BCUT2D eigenvalue weighted by atomic mass is 35.5. The minimum absolute atomic E-state index is 0.267. The Morgan fingerprint density at radius 3 is 2.76 bits per heavy atom. The zero-order valence-electron chi connectivity index (χ0n) is 19.3. The van der Waals surface area contributed by atoms with Gasteiger partial charge in [0.2, 0.25) is 5.82 Å². The molecule has 1 N–H and O–H groups in total. The van der Waals surface area contributed by atoms with Gasteiger partial charge in [-0.15, -0.1) is 0 Å².